The Bertz CT molecular complexity index is 1080. The van der Waals surface area contributed by atoms with Crippen molar-refractivity contribution in [3.05, 3.63) is 64.5 Å². The van der Waals surface area contributed by atoms with E-state index in [1.54, 1.807) is 53.9 Å². The molecule has 0 amide bonds. The molecule has 0 aliphatic carbocycles. The number of aromatic nitrogens is 1. The minimum absolute atomic E-state index is 0.0652. The molecular weight excluding hydrogens is 439 g/mol. The van der Waals surface area contributed by atoms with Crippen LogP contribution in [0.2, 0.25) is 5.02 Å². The minimum atomic E-state index is -4.95. The van der Waals surface area contributed by atoms with Gasteiger partial charge in [0.25, 0.3) is 5.72 Å². The van der Waals surface area contributed by atoms with E-state index >= 15 is 0 Å². The lowest BCUT2D eigenvalue weighted by atomic mass is 10.0. The fourth-order valence-corrected chi connectivity index (χ4v) is 4.00. The summed E-state index contributed by atoms with van der Waals surface area (Å²) in [6, 6.07) is 13.2. The van der Waals surface area contributed by atoms with Gasteiger partial charge in [0.05, 0.1) is 24.9 Å². The summed E-state index contributed by atoms with van der Waals surface area (Å²) >= 11 is 6.82. The number of aliphatic hydroxyl groups is 1. The standard InChI is InChI=1S/C20H15ClF3N3O2S/c1-29-15-8-4-13(5-9-15)17-11-30-18(25-17)27-19(28,20(22,23)24)10-16(26-27)12-2-6-14(21)7-3-12/h2-9,11,28H,10H2,1H3. The molecule has 2 aromatic carbocycles. The lowest BCUT2D eigenvalue weighted by molar-refractivity contribution is -0.254. The second-order valence-corrected chi connectivity index (χ2v) is 7.87. The minimum Gasteiger partial charge on any atom is -0.497 e. The van der Waals surface area contributed by atoms with E-state index in [1.165, 1.54) is 7.11 Å². The number of alkyl halides is 3. The first-order valence-electron chi connectivity index (χ1n) is 8.74. The van der Waals surface area contributed by atoms with Crippen LogP contribution in [0, 0.1) is 0 Å². The summed E-state index contributed by atoms with van der Waals surface area (Å²) in [6.45, 7) is 0. The summed E-state index contributed by atoms with van der Waals surface area (Å²) < 4.78 is 46.6. The lowest BCUT2D eigenvalue weighted by Gasteiger charge is -2.32. The van der Waals surface area contributed by atoms with E-state index in [4.69, 9.17) is 16.3 Å². The van der Waals surface area contributed by atoms with E-state index in [2.05, 4.69) is 10.1 Å². The normalized spacial score (nSPS) is 19.1. The molecule has 1 aliphatic heterocycles. The molecule has 4 rings (SSSR count). The lowest BCUT2D eigenvalue weighted by Crippen LogP contribution is -2.55. The average molecular weight is 454 g/mol. The number of hydrogen-bond acceptors (Lipinski definition) is 6. The van der Waals surface area contributed by atoms with E-state index in [1.807, 2.05) is 0 Å². The molecule has 1 N–H and O–H groups in total. The summed E-state index contributed by atoms with van der Waals surface area (Å²) in [5, 5.41) is 17.2. The summed E-state index contributed by atoms with van der Waals surface area (Å²) in [4.78, 5) is 4.28. The highest BCUT2D eigenvalue weighted by Crippen LogP contribution is 2.45. The molecule has 0 radical (unpaired) electrons. The van der Waals surface area contributed by atoms with Gasteiger partial charge in [0.15, 0.2) is 0 Å². The molecule has 0 saturated heterocycles. The number of ether oxygens (including phenoxy) is 1. The highest BCUT2D eigenvalue weighted by molar-refractivity contribution is 7.14. The van der Waals surface area contributed by atoms with Gasteiger partial charge in [-0.05, 0) is 42.0 Å². The number of hydrazone groups is 1. The number of anilines is 1. The van der Waals surface area contributed by atoms with E-state index in [9.17, 15) is 18.3 Å². The van der Waals surface area contributed by atoms with Crippen LogP contribution in [0.3, 0.4) is 0 Å². The van der Waals surface area contributed by atoms with Gasteiger partial charge in [-0.3, -0.25) is 0 Å². The smallest absolute Gasteiger partial charge is 0.438 e. The summed E-state index contributed by atoms with van der Waals surface area (Å²) in [7, 11) is 1.54. The van der Waals surface area contributed by atoms with Crippen LogP contribution in [0.4, 0.5) is 18.3 Å². The van der Waals surface area contributed by atoms with Crippen molar-refractivity contribution in [1.29, 1.82) is 0 Å². The van der Waals surface area contributed by atoms with Gasteiger partial charge in [0, 0.05) is 16.0 Å². The van der Waals surface area contributed by atoms with Crippen molar-refractivity contribution in [3.8, 4) is 17.0 Å². The van der Waals surface area contributed by atoms with Crippen LogP contribution in [0.1, 0.15) is 12.0 Å². The van der Waals surface area contributed by atoms with Crippen LogP contribution in [-0.2, 0) is 0 Å². The zero-order valence-corrected chi connectivity index (χ0v) is 17.1. The number of methoxy groups -OCH3 is 1. The maximum absolute atomic E-state index is 13.8. The summed E-state index contributed by atoms with van der Waals surface area (Å²) in [5.41, 5.74) is -1.49. The Labute approximate surface area is 179 Å². The third-order valence-corrected chi connectivity index (χ3v) is 5.74. The number of rotatable bonds is 4. The van der Waals surface area contributed by atoms with Gasteiger partial charge in [-0.25, -0.2) is 4.98 Å². The van der Waals surface area contributed by atoms with Crippen LogP contribution in [0.5, 0.6) is 5.75 Å². The van der Waals surface area contributed by atoms with Crippen molar-refractivity contribution in [2.45, 2.75) is 18.3 Å². The maximum atomic E-state index is 13.8. The van der Waals surface area contributed by atoms with Crippen molar-refractivity contribution in [2.24, 2.45) is 5.10 Å². The average Bonchev–Trinajstić information content (AvgIpc) is 3.33. The number of thiazole rings is 1. The molecule has 1 aromatic heterocycles. The van der Waals surface area contributed by atoms with Crippen LogP contribution >= 0.6 is 22.9 Å². The second-order valence-electron chi connectivity index (χ2n) is 6.60. The third kappa shape index (κ3) is 3.64. The Morgan fingerprint density at radius 3 is 2.33 bits per heavy atom. The van der Waals surface area contributed by atoms with Crippen LogP contribution in [0.25, 0.3) is 11.3 Å². The molecule has 0 saturated carbocycles. The predicted octanol–water partition coefficient (Wildman–Crippen LogP) is 5.34. The van der Waals surface area contributed by atoms with Gasteiger partial charge in [-0.2, -0.15) is 23.3 Å². The van der Waals surface area contributed by atoms with Crippen LogP contribution in [-0.4, -0.2) is 34.8 Å². The van der Waals surface area contributed by atoms with Gasteiger partial charge in [-0.15, -0.1) is 11.3 Å². The van der Waals surface area contributed by atoms with Crippen molar-refractivity contribution in [3.63, 3.8) is 0 Å². The van der Waals surface area contributed by atoms with Crippen molar-refractivity contribution < 1.29 is 23.0 Å². The first kappa shape index (κ1) is 20.6. The van der Waals surface area contributed by atoms with Crippen molar-refractivity contribution >= 4 is 33.8 Å². The zero-order valence-electron chi connectivity index (χ0n) is 15.5. The van der Waals surface area contributed by atoms with E-state index in [0.717, 1.165) is 11.3 Å². The molecule has 1 unspecified atom stereocenters. The van der Waals surface area contributed by atoms with Crippen molar-refractivity contribution in [2.75, 3.05) is 12.1 Å². The molecule has 1 aliphatic rings. The van der Waals surface area contributed by atoms with Gasteiger partial charge in [0.2, 0.25) is 5.13 Å². The van der Waals surface area contributed by atoms with Crippen molar-refractivity contribution in [1.82, 2.24) is 4.98 Å². The number of halogens is 4. The Morgan fingerprint density at radius 1 is 1.10 bits per heavy atom. The molecule has 2 heterocycles. The van der Waals surface area contributed by atoms with Gasteiger partial charge < -0.3 is 9.84 Å². The summed E-state index contributed by atoms with van der Waals surface area (Å²) in [5.74, 6) is 0.650. The molecule has 0 spiro atoms. The number of benzene rings is 2. The van der Waals surface area contributed by atoms with Gasteiger partial charge in [0.1, 0.15) is 5.75 Å². The molecule has 30 heavy (non-hydrogen) atoms. The first-order valence-corrected chi connectivity index (χ1v) is 10.00. The molecule has 3 aromatic rings. The first-order chi connectivity index (χ1) is 14.2. The molecule has 0 bridgehead atoms. The van der Waals surface area contributed by atoms with Crippen LogP contribution < -0.4 is 9.75 Å². The molecule has 156 valence electrons. The van der Waals surface area contributed by atoms with Gasteiger partial charge in [-0.1, -0.05) is 23.7 Å². The highest BCUT2D eigenvalue weighted by atomic mass is 35.5. The Hall–Kier alpha value is -2.62. The van der Waals surface area contributed by atoms with E-state index < -0.39 is 18.3 Å². The van der Waals surface area contributed by atoms with Crippen LogP contribution in [0.15, 0.2) is 59.0 Å². The van der Waals surface area contributed by atoms with Gasteiger partial charge >= 0.3 is 6.18 Å². The molecule has 1 atom stereocenters. The predicted molar refractivity (Wildman–Crippen MR) is 110 cm³/mol. The maximum Gasteiger partial charge on any atom is 0.438 e. The Morgan fingerprint density at radius 2 is 1.73 bits per heavy atom. The fraction of sp³-hybridized carbons (Fsp3) is 0.200. The quantitative estimate of drug-likeness (QED) is 0.579. The number of hydrogen-bond donors (Lipinski definition) is 1. The van der Waals surface area contributed by atoms with E-state index in [-0.39, 0.29) is 10.8 Å². The largest absolute Gasteiger partial charge is 0.497 e. The number of nitrogens with zero attached hydrogens (tertiary/aromatic N) is 3. The summed E-state index contributed by atoms with van der Waals surface area (Å²) in [6.07, 6.45) is -5.67. The molecule has 10 heteroatoms. The Kier molecular flexibility index (Phi) is 5.21. The molecule has 0 fully saturated rings. The topological polar surface area (TPSA) is 58.0 Å². The Balaban J connectivity index is 1.72. The molecular formula is C20H15ClF3N3O2S. The zero-order chi connectivity index (χ0) is 21.5. The fourth-order valence-electron chi connectivity index (χ4n) is 3.03. The SMILES string of the molecule is COc1ccc(-c2csc(N3N=C(c4ccc(Cl)cc4)CC3(O)C(F)(F)F)n2)cc1. The monoisotopic (exact) mass is 453 g/mol. The third-order valence-electron chi connectivity index (χ3n) is 4.68. The molecule has 5 nitrogen and oxygen atoms in total. The van der Waals surface area contributed by atoms with E-state index in [0.29, 0.717) is 32.6 Å². The second kappa shape index (κ2) is 7.57. The highest BCUT2D eigenvalue weighted by Gasteiger charge is 2.62.